The summed E-state index contributed by atoms with van der Waals surface area (Å²) >= 11 is 1.28. The van der Waals surface area contributed by atoms with Crippen molar-refractivity contribution in [2.45, 2.75) is 38.0 Å². The Morgan fingerprint density at radius 3 is 2.38 bits per heavy atom. The molecule has 0 fully saturated rings. The number of aryl methyl sites for hydroxylation is 1. The second-order valence-electron chi connectivity index (χ2n) is 9.30. The molecule has 8 nitrogen and oxygen atoms in total. The zero-order chi connectivity index (χ0) is 27.4. The number of amides is 2. The number of ether oxygens (including phenoxy) is 2. The van der Waals surface area contributed by atoms with Crippen LogP contribution in [0.25, 0.3) is 0 Å². The minimum atomic E-state index is -0.613. The summed E-state index contributed by atoms with van der Waals surface area (Å²) < 4.78 is 10.8. The lowest BCUT2D eigenvalue weighted by Gasteiger charge is -2.23. The lowest BCUT2D eigenvalue weighted by atomic mass is 9.98. The van der Waals surface area contributed by atoms with Gasteiger partial charge in [-0.15, -0.1) is 0 Å². The number of nitrogens with zero attached hydrogens (tertiary/aromatic N) is 3. The maximum atomic E-state index is 12.9. The van der Waals surface area contributed by atoms with E-state index in [-0.39, 0.29) is 24.3 Å². The molecule has 3 aromatic rings. The smallest absolute Gasteiger partial charge is 0.262 e. The van der Waals surface area contributed by atoms with Gasteiger partial charge in [0.15, 0.2) is 5.17 Å². The number of rotatable bonds is 8. The Labute approximate surface area is 232 Å². The fourth-order valence-corrected chi connectivity index (χ4v) is 5.54. The highest BCUT2D eigenvalue weighted by Crippen LogP contribution is 2.39. The molecule has 0 bridgehead atoms. The molecule has 5 rings (SSSR count). The van der Waals surface area contributed by atoms with E-state index < -0.39 is 5.25 Å². The first-order valence-corrected chi connectivity index (χ1v) is 13.7. The molecular weight excluding hydrogens is 512 g/mol. The number of benzene rings is 3. The Morgan fingerprint density at radius 2 is 1.72 bits per heavy atom. The van der Waals surface area contributed by atoms with Crippen molar-refractivity contribution >= 4 is 40.1 Å². The van der Waals surface area contributed by atoms with Gasteiger partial charge in [-0.05, 0) is 61.4 Å². The largest absolute Gasteiger partial charge is 0.497 e. The predicted octanol–water partition coefficient (Wildman–Crippen LogP) is 5.58. The van der Waals surface area contributed by atoms with E-state index in [1.54, 1.807) is 31.4 Å². The molecule has 0 aromatic heterocycles. The summed E-state index contributed by atoms with van der Waals surface area (Å²) in [5, 5.41) is 9.48. The van der Waals surface area contributed by atoms with E-state index in [2.05, 4.69) is 41.5 Å². The number of anilines is 1. The molecule has 3 aromatic carbocycles. The molecule has 1 N–H and O–H groups in total. The summed E-state index contributed by atoms with van der Waals surface area (Å²) in [7, 11) is 1.64. The molecule has 0 spiro atoms. The molecule has 39 heavy (non-hydrogen) atoms. The van der Waals surface area contributed by atoms with E-state index in [4.69, 9.17) is 14.6 Å². The van der Waals surface area contributed by atoms with Gasteiger partial charge in [-0.25, -0.2) is 5.01 Å². The van der Waals surface area contributed by atoms with Gasteiger partial charge in [-0.3, -0.25) is 9.59 Å². The molecule has 2 amide bonds. The van der Waals surface area contributed by atoms with Crippen LogP contribution in [0.3, 0.4) is 0 Å². The third-order valence-corrected chi connectivity index (χ3v) is 7.68. The Kier molecular flexibility index (Phi) is 7.97. The fraction of sp³-hybridized carbons (Fsp3) is 0.267. The van der Waals surface area contributed by atoms with Crippen molar-refractivity contribution < 1.29 is 19.1 Å². The quantitative estimate of drug-likeness (QED) is 0.400. The Morgan fingerprint density at radius 1 is 1.03 bits per heavy atom. The summed E-state index contributed by atoms with van der Waals surface area (Å²) in [6, 6.07) is 23.1. The first kappa shape index (κ1) is 26.5. The van der Waals surface area contributed by atoms with Crippen molar-refractivity contribution in [3.05, 3.63) is 89.5 Å². The minimum Gasteiger partial charge on any atom is -0.497 e. The summed E-state index contributed by atoms with van der Waals surface area (Å²) in [5.74, 6) is 0.921. The zero-order valence-electron chi connectivity index (χ0n) is 22.1. The highest BCUT2D eigenvalue weighted by molar-refractivity contribution is 8.15. The summed E-state index contributed by atoms with van der Waals surface area (Å²) in [6.45, 7) is 4.54. The van der Waals surface area contributed by atoms with Crippen LogP contribution in [-0.4, -0.2) is 46.7 Å². The standard InChI is InChI=1S/C30H30N4O4S/c1-4-38-24-15-11-22(12-16-24)31-28(35)18-27-29(36)32-30(39-27)34-26(21-9-13-23(37-3)14-10-21)17-25(33-34)20-7-5-19(2)6-8-20/h5-16,26-27H,4,17-18H2,1-3H3,(H,31,35)/t26-,27+/m1/s1. The van der Waals surface area contributed by atoms with Crippen LogP contribution in [0.15, 0.2) is 82.9 Å². The molecule has 2 atom stereocenters. The Balaban J connectivity index is 1.31. The van der Waals surface area contributed by atoms with Crippen molar-refractivity contribution in [2.24, 2.45) is 10.1 Å². The van der Waals surface area contributed by atoms with Crippen molar-refractivity contribution in [2.75, 3.05) is 19.0 Å². The molecule has 0 aliphatic carbocycles. The number of carbonyl (C=O) groups excluding carboxylic acids is 2. The summed E-state index contributed by atoms with van der Waals surface area (Å²) in [5.41, 5.74) is 4.81. The number of hydrazone groups is 1. The number of aliphatic imine (C=N–C) groups is 1. The number of methoxy groups -OCH3 is 1. The minimum absolute atomic E-state index is 0.0132. The van der Waals surface area contributed by atoms with E-state index in [1.807, 2.05) is 36.2 Å². The topological polar surface area (TPSA) is 92.6 Å². The van der Waals surface area contributed by atoms with Gasteiger partial charge in [-0.2, -0.15) is 10.1 Å². The molecule has 0 radical (unpaired) electrons. The van der Waals surface area contributed by atoms with Gasteiger partial charge in [0.05, 0.1) is 25.5 Å². The fourth-order valence-electron chi connectivity index (χ4n) is 4.48. The van der Waals surface area contributed by atoms with Crippen LogP contribution < -0.4 is 14.8 Å². The van der Waals surface area contributed by atoms with Crippen LogP contribution in [0.2, 0.25) is 0 Å². The van der Waals surface area contributed by atoms with Crippen LogP contribution in [0.4, 0.5) is 5.69 Å². The number of thioether (sulfide) groups is 1. The predicted molar refractivity (Wildman–Crippen MR) is 155 cm³/mol. The SMILES string of the molecule is CCOc1ccc(NC(=O)C[C@@H]2SC(N3N=C(c4ccc(C)cc4)C[C@@H]3c3ccc(OC)cc3)=NC2=O)cc1. The normalized spacial score (nSPS) is 18.5. The Bertz CT molecular complexity index is 1400. The van der Waals surface area contributed by atoms with Gasteiger partial charge in [0.2, 0.25) is 5.91 Å². The average molecular weight is 543 g/mol. The molecule has 2 aliphatic rings. The van der Waals surface area contributed by atoms with Gasteiger partial charge >= 0.3 is 0 Å². The van der Waals surface area contributed by atoms with E-state index in [0.717, 1.165) is 28.3 Å². The van der Waals surface area contributed by atoms with E-state index >= 15 is 0 Å². The lowest BCUT2D eigenvalue weighted by molar-refractivity contribution is -0.121. The second kappa shape index (κ2) is 11.7. The lowest BCUT2D eigenvalue weighted by Crippen LogP contribution is -2.25. The first-order valence-electron chi connectivity index (χ1n) is 12.8. The van der Waals surface area contributed by atoms with E-state index in [1.165, 1.54) is 17.3 Å². The average Bonchev–Trinajstić information content (AvgIpc) is 3.54. The molecule has 0 unspecified atom stereocenters. The number of hydrogen-bond donors (Lipinski definition) is 1. The van der Waals surface area contributed by atoms with Crippen LogP contribution in [0.1, 0.15) is 42.5 Å². The van der Waals surface area contributed by atoms with Crippen molar-refractivity contribution in [1.29, 1.82) is 0 Å². The summed E-state index contributed by atoms with van der Waals surface area (Å²) in [4.78, 5) is 30.0. The molecule has 9 heteroatoms. The van der Waals surface area contributed by atoms with Crippen LogP contribution in [0.5, 0.6) is 11.5 Å². The number of nitrogens with one attached hydrogen (secondary N) is 1. The van der Waals surface area contributed by atoms with Crippen LogP contribution in [-0.2, 0) is 9.59 Å². The first-order chi connectivity index (χ1) is 18.9. The molecule has 2 heterocycles. The highest BCUT2D eigenvalue weighted by atomic mass is 32.2. The van der Waals surface area contributed by atoms with Gasteiger partial charge in [-0.1, -0.05) is 53.7 Å². The second-order valence-corrected chi connectivity index (χ2v) is 10.5. The number of amidine groups is 1. The van der Waals surface area contributed by atoms with Crippen LogP contribution >= 0.6 is 11.8 Å². The van der Waals surface area contributed by atoms with E-state index in [0.29, 0.717) is 23.9 Å². The van der Waals surface area contributed by atoms with Gasteiger partial charge in [0.25, 0.3) is 5.91 Å². The van der Waals surface area contributed by atoms with Gasteiger partial charge in [0.1, 0.15) is 16.7 Å². The maximum Gasteiger partial charge on any atom is 0.262 e. The molecule has 0 saturated heterocycles. The Hall–Kier alpha value is -4.11. The summed E-state index contributed by atoms with van der Waals surface area (Å²) in [6.07, 6.45) is 0.672. The number of carbonyl (C=O) groups is 2. The maximum absolute atomic E-state index is 12.9. The molecular formula is C30H30N4O4S. The van der Waals surface area contributed by atoms with Crippen molar-refractivity contribution in [1.82, 2.24) is 5.01 Å². The van der Waals surface area contributed by atoms with Crippen molar-refractivity contribution in [3.8, 4) is 11.5 Å². The molecule has 200 valence electrons. The van der Waals surface area contributed by atoms with Gasteiger partial charge < -0.3 is 14.8 Å². The third-order valence-electron chi connectivity index (χ3n) is 6.54. The zero-order valence-corrected chi connectivity index (χ0v) is 22.9. The number of hydrogen-bond acceptors (Lipinski definition) is 7. The third kappa shape index (κ3) is 6.15. The van der Waals surface area contributed by atoms with E-state index in [9.17, 15) is 9.59 Å². The molecule has 2 aliphatic heterocycles. The van der Waals surface area contributed by atoms with Crippen molar-refractivity contribution in [3.63, 3.8) is 0 Å². The molecule has 0 saturated carbocycles. The monoisotopic (exact) mass is 542 g/mol. The van der Waals surface area contributed by atoms with Gasteiger partial charge in [0, 0.05) is 18.5 Å². The van der Waals surface area contributed by atoms with Crippen LogP contribution in [0, 0.1) is 6.92 Å². The highest BCUT2D eigenvalue weighted by Gasteiger charge is 2.39.